The van der Waals surface area contributed by atoms with Crippen LogP contribution in [0.15, 0.2) is 0 Å². The highest BCUT2D eigenvalue weighted by molar-refractivity contribution is 5.69. The molecule has 100 valence electrons. The SMILES string of the molecule is CC(C)(C)OC(=O)N1CCCC1C(F)(F)CN. The van der Waals surface area contributed by atoms with Gasteiger partial charge in [0.2, 0.25) is 0 Å². The summed E-state index contributed by atoms with van der Waals surface area (Å²) in [5, 5.41) is 0. The molecule has 1 aliphatic rings. The van der Waals surface area contributed by atoms with Crippen molar-refractivity contribution in [2.75, 3.05) is 13.1 Å². The lowest BCUT2D eigenvalue weighted by molar-refractivity contribution is -0.0655. The number of nitrogens with zero attached hydrogens (tertiary/aromatic N) is 1. The molecule has 6 heteroatoms. The van der Waals surface area contributed by atoms with E-state index in [1.165, 1.54) is 0 Å². The van der Waals surface area contributed by atoms with Crippen LogP contribution in [0.2, 0.25) is 0 Å². The zero-order valence-electron chi connectivity index (χ0n) is 10.5. The highest BCUT2D eigenvalue weighted by atomic mass is 19.3. The maximum atomic E-state index is 13.5. The van der Waals surface area contributed by atoms with Gasteiger partial charge in [0.1, 0.15) is 5.60 Å². The average molecular weight is 250 g/mol. The predicted molar refractivity (Wildman–Crippen MR) is 60.0 cm³/mol. The first-order valence-electron chi connectivity index (χ1n) is 5.75. The summed E-state index contributed by atoms with van der Waals surface area (Å²) in [6.45, 7) is 4.66. The van der Waals surface area contributed by atoms with Crippen molar-refractivity contribution in [3.63, 3.8) is 0 Å². The van der Waals surface area contributed by atoms with Crippen LogP contribution in [0.5, 0.6) is 0 Å². The number of hydrogen-bond donors (Lipinski definition) is 1. The molecule has 1 fully saturated rings. The minimum atomic E-state index is -3.05. The van der Waals surface area contributed by atoms with Gasteiger partial charge in [-0.1, -0.05) is 0 Å². The van der Waals surface area contributed by atoms with Crippen LogP contribution in [0.25, 0.3) is 0 Å². The van der Waals surface area contributed by atoms with Gasteiger partial charge in [-0.15, -0.1) is 0 Å². The minimum Gasteiger partial charge on any atom is -0.444 e. The minimum absolute atomic E-state index is 0.267. The highest BCUT2D eigenvalue weighted by Crippen LogP contribution is 2.31. The summed E-state index contributed by atoms with van der Waals surface area (Å²) in [4.78, 5) is 12.9. The standard InChI is InChI=1S/C11H20F2N2O2/c1-10(2,3)17-9(16)15-6-4-5-8(15)11(12,13)7-14/h8H,4-7,14H2,1-3H3. The molecular formula is C11H20F2N2O2. The molecule has 0 spiro atoms. The number of nitrogens with two attached hydrogens (primary N) is 1. The summed E-state index contributed by atoms with van der Waals surface area (Å²) in [7, 11) is 0. The topological polar surface area (TPSA) is 55.6 Å². The van der Waals surface area contributed by atoms with Crippen molar-refractivity contribution < 1.29 is 18.3 Å². The molecule has 0 aliphatic carbocycles. The van der Waals surface area contributed by atoms with Crippen LogP contribution >= 0.6 is 0 Å². The summed E-state index contributed by atoms with van der Waals surface area (Å²) in [5.41, 5.74) is 4.37. The highest BCUT2D eigenvalue weighted by Gasteiger charge is 2.47. The third kappa shape index (κ3) is 3.52. The first-order valence-corrected chi connectivity index (χ1v) is 5.75. The van der Waals surface area contributed by atoms with Gasteiger partial charge >= 0.3 is 6.09 Å². The Bertz CT molecular complexity index is 290. The van der Waals surface area contributed by atoms with Gasteiger partial charge in [0.05, 0.1) is 12.6 Å². The van der Waals surface area contributed by atoms with Gasteiger partial charge < -0.3 is 10.5 Å². The number of halogens is 2. The second kappa shape index (κ2) is 4.76. The number of carbonyl (C=O) groups is 1. The zero-order valence-corrected chi connectivity index (χ0v) is 10.5. The first-order chi connectivity index (χ1) is 7.67. The van der Waals surface area contributed by atoms with Crippen LogP contribution in [0.3, 0.4) is 0 Å². The van der Waals surface area contributed by atoms with Crippen molar-refractivity contribution >= 4 is 6.09 Å². The molecule has 2 N–H and O–H groups in total. The number of hydrogen-bond acceptors (Lipinski definition) is 3. The van der Waals surface area contributed by atoms with Crippen LogP contribution in [0.4, 0.5) is 13.6 Å². The summed E-state index contributed by atoms with van der Waals surface area (Å²) in [6.07, 6.45) is 0.135. The fraction of sp³-hybridized carbons (Fsp3) is 0.909. The molecule has 1 atom stereocenters. The van der Waals surface area contributed by atoms with E-state index in [1.807, 2.05) is 0 Å². The average Bonchev–Trinajstić information content (AvgIpc) is 2.63. The lowest BCUT2D eigenvalue weighted by Crippen LogP contribution is -2.51. The van der Waals surface area contributed by atoms with Crippen LogP contribution in [-0.2, 0) is 4.74 Å². The van der Waals surface area contributed by atoms with Crippen molar-refractivity contribution in [1.29, 1.82) is 0 Å². The Balaban J connectivity index is 2.73. The van der Waals surface area contributed by atoms with Gasteiger partial charge in [0.15, 0.2) is 0 Å². The molecule has 1 saturated heterocycles. The van der Waals surface area contributed by atoms with E-state index in [4.69, 9.17) is 10.5 Å². The van der Waals surface area contributed by atoms with Crippen molar-refractivity contribution in [2.45, 2.75) is 51.2 Å². The van der Waals surface area contributed by atoms with Crippen molar-refractivity contribution in [1.82, 2.24) is 4.90 Å². The fourth-order valence-electron chi connectivity index (χ4n) is 1.88. The van der Waals surface area contributed by atoms with E-state index in [2.05, 4.69) is 0 Å². The van der Waals surface area contributed by atoms with Gasteiger partial charge in [-0.05, 0) is 33.6 Å². The molecule has 4 nitrogen and oxygen atoms in total. The van der Waals surface area contributed by atoms with Crippen LogP contribution in [-0.4, -0.2) is 41.6 Å². The number of ether oxygens (including phenoxy) is 1. The van der Waals surface area contributed by atoms with E-state index in [1.54, 1.807) is 20.8 Å². The Morgan fingerprint density at radius 2 is 2.06 bits per heavy atom. The first kappa shape index (κ1) is 14.2. The lowest BCUT2D eigenvalue weighted by Gasteiger charge is -2.32. The van der Waals surface area contributed by atoms with E-state index >= 15 is 0 Å². The van der Waals surface area contributed by atoms with Gasteiger partial charge in [0.25, 0.3) is 5.92 Å². The Morgan fingerprint density at radius 3 is 2.53 bits per heavy atom. The fourth-order valence-corrected chi connectivity index (χ4v) is 1.88. The molecule has 0 bridgehead atoms. The number of alkyl halides is 2. The molecule has 1 rings (SSSR count). The second-order valence-corrected chi connectivity index (χ2v) is 5.30. The van der Waals surface area contributed by atoms with E-state index in [9.17, 15) is 13.6 Å². The normalized spacial score (nSPS) is 21.8. The molecule has 1 aliphatic heterocycles. The van der Waals surface area contributed by atoms with Crippen LogP contribution in [0.1, 0.15) is 33.6 Å². The van der Waals surface area contributed by atoms with E-state index in [-0.39, 0.29) is 6.42 Å². The third-order valence-corrected chi connectivity index (χ3v) is 2.64. The summed E-state index contributed by atoms with van der Waals surface area (Å²) < 4.78 is 32.2. The number of likely N-dealkylation sites (tertiary alicyclic amines) is 1. The Hall–Kier alpha value is -0.910. The largest absolute Gasteiger partial charge is 0.444 e. The molecule has 0 aromatic heterocycles. The van der Waals surface area contributed by atoms with Crippen LogP contribution in [0, 0.1) is 0 Å². The third-order valence-electron chi connectivity index (χ3n) is 2.64. The Morgan fingerprint density at radius 1 is 1.47 bits per heavy atom. The summed E-state index contributed by atoms with van der Waals surface area (Å²) in [6, 6.07) is -1.14. The smallest absolute Gasteiger partial charge is 0.410 e. The number of amides is 1. The summed E-state index contributed by atoms with van der Waals surface area (Å²) >= 11 is 0. The monoisotopic (exact) mass is 250 g/mol. The lowest BCUT2D eigenvalue weighted by atomic mass is 10.1. The zero-order chi connectivity index (χ0) is 13.3. The molecule has 0 radical (unpaired) electrons. The summed E-state index contributed by atoms with van der Waals surface area (Å²) in [5.74, 6) is -3.05. The van der Waals surface area contributed by atoms with Gasteiger partial charge in [-0.2, -0.15) is 0 Å². The predicted octanol–water partition coefficient (Wildman–Crippen LogP) is 1.98. The van der Waals surface area contributed by atoms with Crippen molar-refractivity contribution in [3.05, 3.63) is 0 Å². The maximum absolute atomic E-state index is 13.5. The van der Waals surface area contributed by atoms with Crippen molar-refractivity contribution in [2.24, 2.45) is 5.73 Å². The number of carbonyl (C=O) groups excluding carboxylic acids is 1. The second-order valence-electron chi connectivity index (χ2n) is 5.30. The van der Waals surface area contributed by atoms with E-state index in [0.717, 1.165) is 4.90 Å². The molecule has 1 unspecified atom stereocenters. The maximum Gasteiger partial charge on any atom is 0.410 e. The quantitative estimate of drug-likeness (QED) is 0.815. The molecule has 0 aromatic carbocycles. The Kier molecular flexibility index (Phi) is 3.96. The molecule has 0 saturated carbocycles. The molecular weight excluding hydrogens is 230 g/mol. The van der Waals surface area contributed by atoms with E-state index < -0.39 is 30.2 Å². The van der Waals surface area contributed by atoms with E-state index in [0.29, 0.717) is 13.0 Å². The Labute approximate surface area is 100 Å². The van der Waals surface area contributed by atoms with Gasteiger partial charge in [0, 0.05) is 6.54 Å². The van der Waals surface area contributed by atoms with Crippen molar-refractivity contribution in [3.8, 4) is 0 Å². The molecule has 0 aromatic rings. The number of rotatable bonds is 2. The molecule has 1 amide bonds. The van der Waals surface area contributed by atoms with Crippen LogP contribution < -0.4 is 5.73 Å². The molecule has 1 heterocycles. The molecule has 17 heavy (non-hydrogen) atoms. The van der Waals surface area contributed by atoms with Gasteiger partial charge in [-0.25, -0.2) is 13.6 Å². The van der Waals surface area contributed by atoms with Gasteiger partial charge in [-0.3, -0.25) is 4.90 Å².